The summed E-state index contributed by atoms with van der Waals surface area (Å²) in [5, 5.41) is 0. The van der Waals surface area contributed by atoms with Crippen molar-refractivity contribution in [3.63, 3.8) is 0 Å². The number of allylic oxidation sites excluding steroid dienone is 4. The van der Waals surface area contributed by atoms with Gasteiger partial charge in [0.05, 0.1) is 7.11 Å². The van der Waals surface area contributed by atoms with Gasteiger partial charge in [-0.25, -0.2) is 0 Å². The Morgan fingerprint density at radius 1 is 1.40 bits per heavy atom. The Hall–Kier alpha value is -1.20. The highest BCUT2D eigenvalue weighted by molar-refractivity contribution is 5.31. The Labute approximate surface area is 61.0 Å². The van der Waals surface area contributed by atoms with Gasteiger partial charge in [0.2, 0.25) is 0 Å². The van der Waals surface area contributed by atoms with Crippen LogP contribution in [0.3, 0.4) is 0 Å². The van der Waals surface area contributed by atoms with E-state index >= 15 is 0 Å². The summed E-state index contributed by atoms with van der Waals surface area (Å²) in [6.45, 7) is 1.97. The van der Waals surface area contributed by atoms with Crippen molar-refractivity contribution < 1.29 is 4.74 Å². The summed E-state index contributed by atoms with van der Waals surface area (Å²) in [6, 6.07) is 0. The van der Waals surface area contributed by atoms with Gasteiger partial charge in [0, 0.05) is 5.57 Å². The van der Waals surface area contributed by atoms with Crippen LogP contribution in [0.25, 0.3) is 0 Å². The Bertz CT molecular complexity index is 237. The third-order valence-corrected chi connectivity index (χ3v) is 1.34. The molecule has 10 heavy (non-hydrogen) atoms. The molecule has 0 aromatic carbocycles. The lowest BCUT2D eigenvalue weighted by atomic mass is 10.2. The van der Waals surface area contributed by atoms with E-state index in [4.69, 9.17) is 4.74 Å². The zero-order chi connectivity index (χ0) is 7.40. The summed E-state index contributed by atoms with van der Waals surface area (Å²) in [5.74, 6) is 0.880. The van der Waals surface area contributed by atoms with Gasteiger partial charge in [0.25, 0.3) is 0 Å². The highest BCUT2D eigenvalue weighted by atomic mass is 16.5. The van der Waals surface area contributed by atoms with Gasteiger partial charge in [-0.15, -0.1) is 5.73 Å². The van der Waals surface area contributed by atoms with Crippen molar-refractivity contribution in [2.45, 2.75) is 6.92 Å². The summed E-state index contributed by atoms with van der Waals surface area (Å²) in [7, 11) is 1.66. The molecule has 1 aliphatic carbocycles. The van der Waals surface area contributed by atoms with Crippen molar-refractivity contribution in [2.24, 2.45) is 0 Å². The number of methoxy groups -OCH3 is 1. The second-order valence-electron chi connectivity index (χ2n) is 2.06. The number of hydrogen-bond acceptors (Lipinski definition) is 1. The maximum Gasteiger partial charge on any atom is 0.129 e. The van der Waals surface area contributed by atoms with Crippen LogP contribution in [-0.2, 0) is 4.74 Å². The molecule has 0 atom stereocenters. The van der Waals surface area contributed by atoms with Gasteiger partial charge in [-0.3, -0.25) is 0 Å². The fourth-order valence-electron chi connectivity index (χ4n) is 0.789. The molecule has 0 bridgehead atoms. The number of hydrogen-bond donors (Lipinski definition) is 0. The second-order valence-corrected chi connectivity index (χ2v) is 2.06. The molecule has 0 aromatic rings. The molecule has 1 rings (SSSR count). The average molecular weight is 134 g/mol. The first-order valence-electron chi connectivity index (χ1n) is 3.19. The molecular weight excluding hydrogens is 124 g/mol. The fraction of sp³-hybridized carbons (Fsp3) is 0.222. The molecule has 0 saturated carbocycles. The van der Waals surface area contributed by atoms with Crippen LogP contribution >= 0.6 is 0 Å². The van der Waals surface area contributed by atoms with E-state index < -0.39 is 0 Å². The van der Waals surface area contributed by atoms with Crippen LogP contribution < -0.4 is 0 Å². The summed E-state index contributed by atoms with van der Waals surface area (Å²) in [6.07, 6.45) is 7.65. The van der Waals surface area contributed by atoms with Crippen LogP contribution in [0, 0.1) is 0 Å². The highest BCUT2D eigenvalue weighted by Crippen LogP contribution is 2.09. The van der Waals surface area contributed by atoms with E-state index in [1.165, 1.54) is 0 Å². The average Bonchev–Trinajstić information content (AvgIpc) is 2.13. The molecule has 0 unspecified atom stereocenters. The van der Waals surface area contributed by atoms with E-state index in [0.29, 0.717) is 0 Å². The van der Waals surface area contributed by atoms with Crippen molar-refractivity contribution >= 4 is 0 Å². The van der Waals surface area contributed by atoms with Gasteiger partial charge < -0.3 is 4.74 Å². The van der Waals surface area contributed by atoms with Crippen molar-refractivity contribution in [3.05, 3.63) is 41.4 Å². The third kappa shape index (κ3) is 1.40. The summed E-state index contributed by atoms with van der Waals surface area (Å²) < 4.78 is 5.07. The van der Waals surface area contributed by atoms with Gasteiger partial charge in [-0.2, -0.15) is 0 Å². The Morgan fingerprint density at radius 3 is 2.90 bits per heavy atom. The molecule has 0 aliphatic heterocycles. The first-order chi connectivity index (χ1) is 4.84. The fourth-order valence-corrected chi connectivity index (χ4v) is 0.789. The Kier molecular flexibility index (Phi) is 2.14. The molecule has 0 spiro atoms. The van der Waals surface area contributed by atoms with E-state index in [9.17, 15) is 0 Å². The minimum absolute atomic E-state index is 0.880. The molecule has 1 heteroatoms. The van der Waals surface area contributed by atoms with Gasteiger partial charge in [0.1, 0.15) is 5.76 Å². The van der Waals surface area contributed by atoms with Crippen LogP contribution in [-0.4, -0.2) is 7.11 Å². The van der Waals surface area contributed by atoms with Crippen molar-refractivity contribution in [1.82, 2.24) is 0 Å². The Morgan fingerprint density at radius 2 is 2.20 bits per heavy atom. The molecular formula is C9H10O. The van der Waals surface area contributed by atoms with Crippen molar-refractivity contribution in [1.29, 1.82) is 0 Å². The largest absolute Gasteiger partial charge is 0.496 e. The van der Waals surface area contributed by atoms with Gasteiger partial charge in [0.15, 0.2) is 0 Å². The third-order valence-electron chi connectivity index (χ3n) is 1.34. The minimum Gasteiger partial charge on any atom is -0.496 e. The molecule has 1 aliphatic rings. The predicted octanol–water partition coefficient (Wildman–Crippen LogP) is 2.19. The highest BCUT2D eigenvalue weighted by Gasteiger charge is 1.96. The first kappa shape index (κ1) is 6.91. The molecule has 0 N–H and O–H groups in total. The molecule has 0 radical (unpaired) electrons. The zero-order valence-electron chi connectivity index (χ0n) is 6.22. The smallest absolute Gasteiger partial charge is 0.129 e. The van der Waals surface area contributed by atoms with Gasteiger partial charge >= 0.3 is 0 Å². The molecule has 1 nitrogen and oxygen atoms in total. The van der Waals surface area contributed by atoms with Crippen LogP contribution in [0.2, 0.25) is 0 Å². The monoisotopic (exact) mass is 134 g/mol. The normalized spacial score (nSPS) is 15.8. The predicted molar refractivity (Wildman–Crippen MR) is 41.5 cm³/mol. The van der Waals surface area contributed by atoms with Crippen molar-refractivity contribution in [2.75, 3.05) is 7.11 Å². The molecule has 0 fully saturated rings. The van der Waals surface area contributed by atoms with Crippen LogP contribution in [0.5, 0.6) is 0 Å². The topological polar surface area (TPSA) is 9.23 Å². The molecule has 0 aromatic heterocycles. The Balaban J connectivity index is 2.98. The van der Waals surface area contributed by atoms with E-state index in [-0.39, 0.29) is 0 Å². The molecule has 0 heterocycles. The van der Waals surface area contributed by atoms with Gasteiger partial charge in [-0.1, -0.05) is 12.2 Å². The summed E-state index contributed by atoms with van der Waals surface area (Å²) in [5.41, 5.74) is 4.09. The van der Waals surface area contributed by atoms with Crippen molar-refractivity contribution in [3.8, 4) is 0 Å². The van der Waals surface area contributed by atoms with Crippen LogP contribution in [0.4, 0.5) is 0 Å². The standard InChI is InChI=1S/C9H10O/c1-8-6-4-3-5-7-9(8)10-2/h3-5,7H,1-2H3. The van der Waals surface area contributed by atoms with E-state index in [1.807, 2.05) is 31.2 Å². The van der Waals surface area contributed by atoms with E-state index in [2.05, 4.69) is 5.73 Å². The summed E-state index contributed by atoms with van der Waals surface area (Å²) in [4.78, 5) is 0. The van der Waals surface area contributed by atoms with Crippen LogP contribution in [0.1, 0.15) is 6.92 Å². The quantitative estimate of drug-likeness (QED) is 0.499. The SMILES string of the molecule is COC1=CC=CC=C=C1C. The summed E-state index contributed by atoms with van der Waals surface area (Å²) >= 11 is 0. The maximum atomic E-state index is 5.07. The van der Waals surface area contributed by atoms with E-state index in [0.717, 1.165) is 11.3 Å². The lowest BCUT2D eigenvalue weighted by Crippen LogP contribution is -1.85. The van der Waals surface area contributed by atoms with Crippen LogP contribution in [0.15, 0.2) is 41.4 Å². The minimum atomic E-state index is 0.880. The first-order valence-corrected chi connectivity index (χ1v) is 3.19. The maximum absolute atomic E-state index is 5.07. The lowest BCUT2D eigenvalue weighted by molar-refractivity contribution is 0.301. The van der Waals surface area contributed by atoms with E-state index in [1.54, 1.807) is 7.11 Å². The number of rotatable bonds is 1. The molecule has 52 valence electrons. The second kappa shape index (κ2) is 3.09. The van der Waals surface area contributed by atoms with Gasteiger partial charge in [-0.05, 0) is 19.1 Å². The lowest BCUT2D eigenvalue weighted by Gasteiger charge is -2.00. The molecule has 0 saturated heterocycles. The zero-order valence-corrected chi connectivity index (χ0v) is 6.22. The number of ether oxygens (including phenoxy) is 1. The molecule has 0 amide bonds.